The van der Waals surface area contributed by atoms with Gasteiger partial charge in [-0.25, -0.2) is 4.79 Å². The maximum atomic E-state index is 10.8. The maximum Gasteiger partial charge on any atom is 0.376 e. The molecule has 0 aliphatic heterocycles. The standard InChI is InChI=1S/C11H10O4/c1-7-2-4-8(5-3-7)9(12)6-10(13)11(14)15/h2-6,12H,1H3,(H,14,15)/b9-6-. The minimum Gasteiger partial charge on any atom is -0.507 e. The molecule has 1 aromatic carbocycles. The Bertz CT molecular complexity index is 415. The van der Waals surface area contributed by atoms with E-state index in [4.69, 9.17) is 5.11 Å². The lowest BCUT2D eigenvalue weighted by molar-refractivity contribution is -0.146. The van der Waals surface area contributed by atoms with Gasteiger partial charge in [-0.2, -0.15) is 0 Å². The van der Waals surface area contributed by atoms with Crippen LogP contribution in [0.1, 0.15) is 11.1 Å². The lowest BCUT2D eigenvalue weighted by Crippen LogP contribution is -2.09. The van der Waals surface area contributed by atoms with E-state index in [1.807, 2.05) is 6.92 Å². The second-order valence-corrected chi connectivity index (χ2v) is 3.07. The lowest BCUT2D eigenvalue weighted by Gasteiger charge is -1.99. The molecular weight excluding hydrogens is 196 g/mol. The Labute approximate surface area is 86.5 Å². The van der Waals surface area contributed by atoms with E-state index in [0.29, 0.717) is 11.6 Å². The van der Waals surface area contributed by atoms with Crippen LogP contribution in [0, 0.1) is 6.92 Å². The van der Waals surface area contributed by atoms with E-state index in [0.717, 1.165) is 5.56 Å². The number of hydrogen-bond acceptors (Lipinski definition) is 3. The van der Waals surface area contributed by atoms with Crippen LogP contribution in [0.2, 0.25) is 0 Å². The molecule has 0 fully saturated rings. The van der Waals surface area contributed by atoms with Crippen molar-refractivity contribution in [3.63, 3.8) is 0 Å². The van der Waals surface area contributed by atoms with Crippen molar-refractivity contribution >= 4 is 17.5 Å². The monoisotopic (exact) mass is 206 g/mol. The second-order valence-electron chi connectivity index (χ2n) is 3.07. The number of benzene rings is 1. The predicted octanol–water partition coefficient (Wildman–Crippen LogP) is 1.55. The average molecular weight is 206 g/mol. The number of aliphatic carboxylic acids is 1. The molecule has 0 amide bonds. The van der Waals surface area contributed by atoms with Crippen molar-refractivity contribution in [2.45, 2.75) is 6.92 Å². The fourth-order valence-electron chi connectivity index (χ4n) is 0.994. The Hall–Kier alpha value is -2.10. The molecule has 0 unspecified atom stereocenters. The minimum absolute atomic E-state index is 0.345. The quantitative estimate of drug-likeness (QED) is 0.447. The second kappa shape index (κ2) is 4.41. The summed E-state index contributed by atoms with van der Waals surface area (Å²) in [4.78, 5) is 21.0. The molecule has 0 atom stereocenters. The number of aliphatic hydroxyl groups excluding tert-OH is 1. The van der Waals surface area contributed by atoms with Gasteiger partial charge in [0.15, 0.2) is 0 Å². The number of rotatable bonds is 3. The van der Waals surface area contributed by atoms with E-state index < -0.39 is 11.8 Å². The van der Waals surface area contributed by atoms with E-state index in [1.54, 1.807) is 24.3 Å². The third-order valence-corrected chi connectivity index (χ3v) is 1.83. The molecule has 0 aromatic heterocycles. The topological polar surface area (TPSA) is 74.6 Å². The van der Waals surface area contributed by atoms with E-state index in [2.05, 4.69) is 0 Å². The first-order valence-electron chi connectivity index (χ1n) is 4.25. The molecule has 0 saturated heterocycles. The molecule has 15 heavy (non-hydrogen) atoms. The van der Waals surface area contributed by atoms with Crippen LogP contribution >= 0.6 is 0 Å². The first-order chi connectivity index (χ1) is 7.00. The van der Waals surface area contributed by atoms with E-state index in [9.17, 15) is 14.7 Å². The number of carboxylic acids is 1. The molecule has 1 aromatic rings. The molecule has 0 spiro atoms. The number of aryl methyl sites for hydroxylation is 1. The van der Waals surface area contributed by atoms with Gasteiger partial charge in [-0.1, -0.05) is 29.8 Å². The summed E-state index contributed by atoms with van der Waals surface area (Å²) in [6, 6.07) is 6.72. The smallest absolute Gasteiger partial charge is 0.376 e. The number of carbonyl (C=O) groups excluding carboxylic acids is 1. The largest absolute Gasteiger partial charge is 0.507 e. The van der Waals surface area contributed by atoms with Gasteiger partial charge >= 0.3 is 5.97 Å². The Balaban J connectivity index is 2.94. The van der Waals surface area contributed by atoms with Crippen molar-refractivity contribution in [3.8, 4) is 0 Å². The zero-order valence-electron chi connectivity index (χ0n) is 8.10. The number of carbonyl (C=O) groups is 2. The highest BCUT2D eigenvalue weighted by Gasteiger charge is 2.09. The summed E-state index contributed by atoms with van der Waals surface area (Å²) in [5, 5.41) is 17.7. The molecule has 0 aliphatic carbocycles. The van der Waals surface area contributed by atoms with Gasteiger partial charge in [0.25, 0.3) is 5.78 Å². The van der Waals surface area contributed by atoms with Crippen molar-refractivity contribution in [2.24, 2.45) is 0 Å². The SMILES string of the molecule is Cc1ccc(/C(O)=C/C(=O)C(=O)O)cc1. The van der Waals surface area contributed by atoms with Gasteiger partial charge in [0.1, 0.15) is 5.76 Å². The number of ketones is 1. The molecule has 0 saturated carbocycles. The van der Waals surface area contributed by atoms with Crippen LogP contribution in [-0.4, -0.2) is 22.0 Å². The fourth-order valence-corrected chi connectivity index (χ4v) is 0.994. The Kier molecular flexibility index (Phi) is 3.23. The van der Waals surface area contributed by atoms with Crippen molar-refractivity contribution in [1.29, 1.82) is 0 Å². The maximum absolute atomic E-state index is 10.8. The van der Waals surface area contributed by atoms with Gasteiger partial charge in [-0.05, 0) is 6.92 Å². The van der Waals surface area contributed by atoms with E-state index >= 15 is 0 Å². The third kappa shape index (κ3) is 2.95. The van der Waals surface area contributed by atoms with Crippen LogP contribution in [0.25, 0.3) is 5.76 Å². The molecule has 1 rings (SSSR count). The summed E-state index contributed by atoms with van der Waals surface area (Å²) in [6.07, 6.45) is 0.688. The van der Waals surface area contributed by atoms with Crippen molar-refractivity contribution in [1.82, 2.24) is 0 Å². The van der Waals surface area contributed by atoms with Crippen LogP contribution in [0.3, 0.4) is 0 Å². The average Bonchev–Trinajstić information content (AvgIpc) is 2.18. The Morgan fingerprint density at radius 2 is 1.67 bits per heavy atom. The predicted molar refractivity (Wildman–Crippen MR) is 54.4 cm³/mol. The first-order valence-corrected chi connectivity index (χ1v) is 4.25. The summed E-state index contributed by atoms with van der Waals surface area (Å²) in [6.45, 7) is 1.88. The molecule has 4 heteroatoms. The van der Waals surface area contributed by atoms with Gasteiger partial charge in [0, 0.05) is 11.6 Å². The van der Waals surface area contributed by atoms with Gasteiger partial charge < -0.3 is 10.2 Å². The first kappa shape index (κ1) is 11.0. The number of carboxylic acid groups (broad SMARTS) is 1. The highest BCUT2D eigenvalue weighted by molar-refractivity contribution is 6.38. The van der Waals surface area contributed by atoms with Crippen LogP contribution in [0.15, 0.2) is 30.3 Å². The summed E-state index contributed by atoms with van der Waals surface area (Å²) < 4.78 is 0. The molecule has 0 heterocycles. The third-order valence-electron chi connectivity index (χ3n) is 1.83. The zero-order chi connectivity index (χ0) is 11.4. The Morgan fingerprint density at radius 3 is 2.13 bits per heavy atom. The van der Waals surface area contributed by atoms with Gasteiger partial charge in [0.05, 0.1) is 0 Å². The van der Waals surface area contributed by atoms with Crippen LogP contribution in [0.4, 0.5) is 0 Å². The number of hydrogen-bond donors (Lipinski definition) is 2. The summed E-state index contributed by atoms with van der Waals surface area (Å²) >= 11 is 0. The van der Waals surface area contributed by atoms with Crippen molar-refractivity contribution in [3.05, 3.63) is 41.5 Å². The van der Waals surface area contributed by atoms with Crippen molar-refractivity contribution in [2.75, 3.05) is 0 Å². The van der Waals surface area contributed by atoms with Crippen LogP contribution in [-0.2, 0) is 9.59 Å². The lowest BCUT2D eigenvalue weighted by atomic mass is 10.1. The molecule has 0 aliphatic rings. The molecule has 0 bridgehead atoms. The summed E-state index contributed by atoms with van der Waals surface area (Å²) in [7, 11) is 0. The normalized spacial score (nSPS) is 11.1. The van der Waals surface area contributed by atoms with Crippen LogP contribution < -0.4 is 0 Å². The van der Waals surface area contributed by atoms with Crippen molar-refractivity contribution < 1.29 is 19.8 Å². The zero-order valence-corrected chi connectivity index (χ0v) is 8.10. The highest BCUT2D eigenvalue weighted by atomic mass is 16.4. The minimum atomic E-state index is -1.59. The van der Waals surface area contributed by atoms with Gasteiger partial charge in [-0.15, -0.1) is 0 Å². The van der Waals surface area contributed by atoms with Crippen LogP contribution in [0.5, 0.6) is 0 Å². The fraction of sp³-hybridized carbons (Fsp3) is 0.0909. The van der Waals surface area contributed by atoms with Gasteiger partial charge in [-0.3, -0.25) is 4.79 Å². The van der Waals surface area contributed by atoms with Gasteiger partial charge in [0.2, 0.25) is 0 Å². The number of aliphatic hydroxyl groups is 1. The summed E-state index contributed by atoms with van der Waals surface area (Å²) in [5.74, 6) is -3.08. The Morgan fingerprint density at radius 1 is 1.13 bits per heavy atom. The van der Waals surface area contributed by atoms with E-state index in [1.165, 1.54) is 0 Å². The molecule has 78 valence electrons. The molecule has 4 nitrogen and oxygen atoms in total. The summed E-state index contributed by atoms with van der Waals surface area (Å²) in [5.41, 5.74) is 1.42. The molecular formula is C11H10O4. The van der Waals surface area contributed by atoms with E-state index in [-0.39, 0.29) is 5.76 Å². The molecule has 2 N–H and O–H groups in total. The molecule has 0 radical (unpaired) electrons. The highest BCUT2D eigenvalue weighted by Crippen LogP contribution is 2.11.